The number of carbonyl (C=O) groups excluding carboxylic acids is 1. The molecule has 15 heavy (non-hydrogen) atoms. The number of carboxylic acids is 1. The molecule has 0 saturated carbocycles. The Bertz CT molecular complexity index is 217. The largest absolute Gasteiger partial charge is 0.480 e. The average molecular weight is 217 g/mol. The summed E-state index contributed by atoms with van der Waals surface area (Å²) in [5.41, 5.74) is 0. The van der Waals surface area contributed by atoms with Crippen molar-refractivity contribution in [2.24, 2.45) is 5.92 Å². The third-order valence-corrected chi connectivity index (χ3v) is 2.03. The van der Waals surface area contributed by atoms with E-state index in [1.807, 2.05) is 6.92 Å². The molecule has 0 heterocycles. The van der Waals surface area contributed by atoms with Crippen molar-refractivity contribution in [2.75, 3.05) is 13.7 Å². The van der Waals surface area contributed by atoms with Crippen LogP contribution in [0.25, 0.3) is 0 Å². The van der Waals surface area contributed by atoms with Gasteiger partial charge in [0.2, 0.25) is 5.91 Å². The molecule has 1 amide bonds. The lowest BCUT2D eigenvalue weighted by Gasteiger charge is -2.14. The van der Waals surface area contributed by atoms with Crippen molar-refractivity contribution in [1.82, 2.24) is 5.32 Å². The number of hydrogen-bond acceptors (Lipinski definition) is 3. The number of methoxy groups -OCH3 is 1. The first kappa shape index (κ1) is 13.9. The first-order valence-electron chi connectivity index (χ1n) is 5.02. The third-order valence-electron chi connectivity index (χ3n) is 2.03. The van der Waals surface area contributed by atoms with E-state index in [1.54, 1.807) is 14.0 Å². The van der Waals surface area contributed by atoms with Crippen LogP contribution in [0.3, 0.4) is 0 Å². The highest BCUT2D eigenvalue weighted by atomic mass is 16.5. The molecule has 0 saturated heterocycles. The quantitative estimate of drug-likeness (QED) is 0.656. The van der Waals surface area contributed by atoms with Crippen LogP contribution in [0.1, 0.15) is 26.7 Å². The van der Waals surface area contributed by atoms with Crippen LogP contribution in [0.5, 0.6) is 0 Å². The summed E-state index contributed by atoms with van der Waals surface area (Å²) < 4.78 is 4.89. The van der Waals surface area contributed by atoms with Gasteiger partial charge in [-0.25, -0.2) is 4.79 Å². The predicted octanol–water partition coefficient (Wildman–Crippen LogP) is 0.638. The topological polar surface area (TPSA) is 75.6 Å². The average Bonchev–Trinajstić information content (AvgIpc) is 2.13. The van der Waals surface area contributed by atoms with E-state index in [-0.39, 0.29) is 18.2 Å². The maximum atomic E-state index is 11.4. The molecule has 0 rings (SSSR count). The molecule has 0 aromatic carbocycles. The number of aliphatic carboxylic acids is 1. The Balaban J connectivity index is 3.96. The summed E-state index contributed by atoms with van der Waals surface area (Å²) in [5, 5.41) is 11.2. The maximum absolute atomic E-state index is 11.4. The monoisotopic (exact) mass is 217 g/mol. The van der Waals surface area contributed by atoms with Crippen LogP contribution in [0.4, 0.5) is 0 Å². The molecule has 0 aliphatic heterocycles. The zero-order valence-electron chi connectivity index (χ0n) is 9.45. The van der Waals surface area contributed by atoms with Gasteiger partial charge in [0, 0.05) is 20.1 Å². The number of carbonyl (C=O) groups is 2. The molecular weight excluding hydrogens is 198 g/mol. The Morgan fingerprint density at radius 3 is 2.47 bits per heavy atom. The van der Waals surface area contributed by atoms with Crippen LogP contribution < -0.4 is 5.32 Å². The Labute approximate surface area is 89.8 Å². The minimum atomic E-state index is -0.995. The summed E-state index contributed by atoms with van der Waals surface area (Å²) in [6, 6.07) is -0.785. The standard InChI is InChI=1S/C10H19NO4/c1-4-8(10(13)14)11-9(12)5-7(2)6-15-3/h7-8H,4-6H2,1-3H3,(H,11,12)(H,13,14)/t7?,8-/m0/s1. The first-order chi connectivity index (χ1) is 7.01. The fourth-order valence-corrected chi connectivity index (χ4v) is 1.25. The van der Waals surface area contributed by atoms with E-state index in [9.17, 15) is 9.59 Å². The van der Waals surface area contributed by atoms with E-state index < -0.39 is 12.0 Å². The Hall–Kier alpha value is -1.10. The summed E-state index contributed by atoms with van der Waals surface area (Å²) in [6.45, 7) is 4.10. The van der Waals surface area contributed by atoms with Crippen LogP contribution >= 0.6 is 0 Å². The molecule has 0 fully saturated rings. The molecule has 2 atom stereocenters. The van der Waals surface area contributed by atoms with E-state index in [1.165, 1.54) is 0 Å². The second-order valence-corrected chi connectivity index (χ2v) is 3.63. The molecule has 0 bridgehead atoms. The fraction of sp³-hybridized carbons (Fsp3) is 0.800. The minimum absolute atomic E-state index is 0.0984. The summed E-state index contributed by atoms with van der Waals surface area (Å²) in [6.07, 6.45) is 0.678. The van der Waals surface area contributed by atoms with E-state index in [0.29, 0.717) is 13.0 Å². The van der Waals surface area contributed by atoms with E-state index >= 15 is 0 Å². The molecule has 5 nitrogen and oxygen atoms in total. The Morgan fingerprint density at radius 2 is 2.07 bits per heavy atom. The normalized spacial score (nSPS) is 14.3. The van der Waals surface area contributed by atoms with Crippen molar-refractivity contribution in [1.29, 1.82) is 0 Å². The second-order valence-electron chi connectivity index (χ2n) is 3.63. The lowest BCUT2D eigenvalue weighted by molar-refractivity contribution is -0.142. The van der Waals surface area contributed by atoms with Gasteiger partial charge in [-0.15, -0.1) is 0 Å². The van der Waals surface area contributed by atoms with Crippen molar-refractivity contribution < 1.29 is 19.4 Å². The molecular formula is C10H19NO4. The molecule has 0 aliphatic rings. The number of amides is 1. The van der Waals surface area contributed by atoms with Gasteiger partial charge in [0.05, 0.1) is 0 Å². The maximum Gasteiger partial charge on any atom is 0.326 e. The third kappa shape index (κ3) is 6.06. The van der Waals surface area contributed by atoms with Gasteiger partial charge in [0.1, 0.15) is 6.04 Å². The molecule has 0 aromatic heterocycles. The van der Waals surface area contributed by atoms with Crippen molar-refractivity contribution in [3.05, 3.63) is 0 Å². The van der Waals surface area contributed by atoms with Crippen LogP contribution in [0.15, 0.2) is 0 Å². The van der Waals surface area contributed by atoms with Gasteiger partial charge in [0.25, 0.3) is 0 Å². The lowest BCUT2D eigenvalue weighted by Crippen LogP contribution is -2.40. The van der Waals surface area contributed by atoms with Gasteiger partial charge < -0.3 is 15.2 Å². The number of rotatable bonds is 7. The summed E-state index contributed by atoms with van der Waals surface area (Å²) >= 11 is 0. The SMILES string of the molecule is CC[C@H](NC(=O)CC(C)COC)C(=O)O. The number of hydrogen-bond donors (Lipinski definition) is 2. The molecule has 0 aliphatic carbocycles. The zero-order valence-corrected chi connectivity index (χ0v) is 9.45. The molecule has 5 heteroatoms. The highest BCUT2D eigenvalue weighted by Gasteiger charge is 2.18. The number of ether oxygens (including phenoxy) is 1. The molecule has 88 valence electrons. The zero-order chi connectivity index (χ0) is 11.8. The van der Waals surface area contributed by atoms with E-state index in [4.69, 9.17) is 9.84 Å². The molecule has 1 unspecified atom stereocenters. The molecule has 0 spiro atoms. The van der Waals surface area contributed by atoms with Crippen molar-refractivity contribution in [3.63, 3.8) is 0 Å². The highest BCUT2D eigenvalue weighted by Crippen LogP contribution is 2.02. The molecule has 2 N–H and O–H groups in total. The Kier molecular flexibility index (Phi) is 6.70. The van der Waals surface area contributed by atoms with Gasteiger partial charge in [-0.2, -0.15) is 0 Å². The minimum Gasteiger partial charge on any atom is -0.480 e. The summed E-state index contributed by atoms with van der Waals surface area (Å²) in [5.74, 6) is -1.14. The smallest absolute Gasteiger partial charge is 0.326 e. The summed E-state index contributed by atoms with van der Waals surface area (Å²) in [7, 11) is 1.57. The summed E-state index contributed by atoms with van der Waals surface area (Å²) in [4.78, 5) is 22.0. The van der Waals surface area contributed by atoms with Crippen molar-refractivity contribution in [3.8, 4) is 0 Å². The van der Waals surface area contributed by atoms with Crippen LogP contribution in [-0.2, 0) is 14.3 Å². The van der Waals surface area contributed by atoms with Gasteiger partial charge >= 0.3 is 5.97 Å². The molecule has 0 aromatic rings. The van der Waals surface area contributed by atoms with E-state index in [0.717, 1.165) is 0 Å². The highest BCUT2D eigenvalue weighted by molar-refractivity contribution is 5.83. The number of carboxylic acid groups (broad SMARTS) is 1. The predicted molar refractivity (Wildman–Crippen MR) is 55.5 cm³/mol. The van der Waals surface area contributed by atoms with Crippen LogP contribution in [0.2, 0.25) is 0 Å². The molecule has 0 radical (unpaired) electrons. The van der Waals surface area contributed by atoms with Crippen molar-refractivity contribution in [2.45, 2.75) is 32.7 Å². The van der Waals surface area contributed by atoms with Crippen LogP contribution in [-0.4, -0.2) is 36.7 Å². The van der Waals surface area contributed by atoms with Gasteiger partial charge in [-0.05, 0) is 12.3 Å². The van der Waals surface area contributed by atoms with Crippen molar-refractivity contribution >= 4 is 11.9 Å². The van der Waals surface area contributed by atoms with Gasteiger partial charge in [0.15, 0.2) is 0 Å². The van der Waals surface area contributed by atoms with Gasteiger partial charge in [-0.1, -0.05) is 13.8 Å². The fourth-order valence-electron chi connectivity index (χ4n) is 1.25. The first-order valence-corrected chi connectivity index (χ1v) is 5.02. The van der Waals surface area contributed by atoms with Gasteiger partial charge in [-0.3, -0.25) is 4.79 Å². The second kappa shape index (κ2) is 7.23. The number of nitrogens with one attached hydrogen (secondary N) is 1. The van der Waals surface area contributed by atoms with Crippen LogP contribution in [0, 0.1) is 5.92 Å². The van der Waals surface area contributed by atoms with E-state index in [2.05, 4.69) is 5.32 Å². The Morgan fingerprint density at radius 1 is 1.47 bits per heavy atom. The lowest BCUT2D eigenvalue weighted by atomic mass is 10.1.